The summed E-state index contributed by atoms with van der Waals surface area (Å²) in [6.45, 7) is 4.19. The first kappa shape index (κ1) is 14.6. The van der Waals surface area contributed by atoms with E-state index >= 15 is 0 Å². The largest absolute Gasteiger partial charge is 0.292 e. The maximum Gasteiger partial charge on any atom is 0.262 e. The lowest BCUT2D eigenvalue weighted by molar-refractivity contribution is 0.714. The van der Waals surface area contributed by atoms with E-state index in [9.17, 15) is 4.79 Å². The zero-order chi connectivity index (χ0) is 15.1. The van der Waals surface area contributed by atoms with Gasteiger partial charge in [-0.3, -0.25) is 9.36 Å². The van der Waals surface area contributed by atoms with E-state index in [0.29, 0.717) is 27.8 Å². The second-order valence-corrected chi connectivity index (χ2v) is 6.94. The summed E-state index contributed by atoms with van der Waals surface area (Å²) >= 11 is 13.6. The van der Waals surface area contributed by atoms with Crippen LogP contribution in [0, 0.1) is 13.8 Å². The molecular formula is C15H12Cl2N2OS. The number of thiophene rings is 1. The van der Waals surface area contributed by atoms with Crippen LogP contribution >= 0.6 is 34.5 Å². The van der Waals surface area contributed by atoms with Crippen molar-refractivity contribution in [2.75, 3.05) is 0 Å². The highest BCUT2D eigenvalue weighted by Gasteiger charge is 2.12. The highest BCUT2D eigenvalue weighted by atomic mass is 35.5. The van der Waals surface area contributed by atoms with E-state index in [1.165, 1.54) is 11.3 Å². The molecule has 3 aromatic rings. The Bertz CT molecular complexity index is 899. The Morgan fingerprint density at radius 2 is 2.00 bits per heavy atom. The fraction of sp³-hybridized carbons (Fsp3) is 0.200. The van der Waals surface area contributed by atoms with Crippen LogP contribution in [-0.4, -0.2) is 9.55 Å². The van der Waals surface area contributed by atoms with Gasteiger partial charge in [0.25, 0.3) is 5.56 Å². The smallest absolute Gasteiger partial charge is 0.262 e. The fourth-order valence-corrected chi connectivity index (χ4v) is 3.63. The first-order valence-electron chi connectivity index (χ1n) is 6.37. The molecule has 1 aromatic carbocycles. The molecule has 0 spiro atoms. The Morgan fingerprint density at radius 3 is 2.71 bits per heavy atom. The normalized spacial score (nSPS) is 11.2. The van der Waals surface area contributed by atoms with E-state index in [-0.39, 0.29) is 5.56 Å². The zero-order valence-corrected chi connectivity index (χ0v) is 13.8. The SMILES string of the molecule is Cc1cc2c(=O)n(Cc3ccc(Cl)cc3Cl)c(C)nc2s1. The number of halogens is 2. The third kappa shape index (κ3) is 2.71. The van der Waals surface area contributed by atoms with Crippen LogP contribution in [0.1, 0.15) is 16.3 Å². The van der Waals surface area contributed by atoms with Gasteiger partial charge in [0.2, 0.25) is 0 Å². The van der Waals surface area contributed by atoms with Crippen LogP contribution in [0.4, 0.5) is 0 Å². The molecule has 0 unspecified atom stereocenters. The lowest BCUT2D eigenvalue weighted by Gasteiger charge is -2.11. The van der Waals surface area contributed by atoms with Crippen molar-refractivity contribution in [1.29, 1.82) is 0 Å². The Kier molecular flexibility index (Phi) is 3.78. The van der Waals surface area contributed by atoms with E-state index in [2.05, 4.69) is 4.98 Å². The monoisotopic (exact) mass is 338 g/mol. The Morgan fingerprint density at radius 1 is 1.24 bits per heavy atom. The molecule has 21 heavy (non-hydrogen) atoms. The second kappa shape index (κ2) is 5.44. The van der Waals surface area contributed by atoms with Gasteiger partial charge < -0.3 is 0 Å². The van der Waals surface area contributed by atoms with Gasteiger partial charge in [0.1, 0.15) is 10.7 Å². The topological polar surface area (TPSA) is 34.9 Å². The number of hydrogen-bond donors (Lipinski definition) is 0. The molecule has 0 bridgehead atoms. The van der Waals surface area contributed by atoms with Crippen molar-refractivity contribution in [2.24, 2.45) is 0 Å². The van der Waals surface area contributed by atoms with E-state index in [0.717, 1.165) is 15.3 Å². The van der Waals surface area contributed by atoms with Crippen molar-refractivity contribution < 1.29 is 0 Å². The van der Waals surface area contributed by atoms with Crippen molar-refractivity contribution in [2.45, 2.75) is 20.4 Å². The van der Waals surface area contributed by atoms with Crippen molar-refractivity contribution >= 4 is 44.8 Å². The molecule has 0 N–H and O–H groups in total. The predicted octanol–water partition coefficient (Wildman–Crippen LogP) is 4.43. The number of aromatic nitrogens is 2. The van der Waals surface area contributed by atoms with Gasteiger partial charge in [-0.2, -0.15) is 0 Å². The molecule has 3 nitrogen and oxygen atoms in total. The molecule has 0 saturated carbocycles. The first-order valence-corrected chi connectivity index (χ1v) is 7.94. The zero-order valence-electron chi connectivity index (χ0n) is 11.5. The first-order chi connectivity index (χ1) is 9.95. The Labute approximate surface area is 135 Å². The second-order valence-electron chi connectivity index (χ2n) is 4.86. The van der Waals surface area contributed by atoms with E-state index in [1.54, 1.807) is 16.7 Å². The molecule has 0 aliphatic heterocycles. The van der Waals surface area contributed by atoms with E-state index in [4.69, 9.17) is 23.2 Å². The summed E-state index contributed by atoms with van der Waals surface area (Å²) in [6.07, 6.45) is 0. The molecule has 0 aliphatic rings. The minimum absolute atomic E-state index is 0.0344. The molecular weight excluding hydrogens is 327 g/mol. The molecule has 0 aliphatic carbocycles. The number of aryl methyl sites for hydroxylation is 2. The summed E-state index contributed by atoms with van der Waals surface area (Å²) in [5.74, 6) is 0.681. The average molecular weight is 339 g/mol. The third-order valence-corrected chi connectivity index (χ3v) is 4.84. The summed E-state index contributed by atoms with van der Waals surface area (Å²) < 4.78 is 1.64. The molecule has 0 fully saturated rings. The summed E-state index contributed by atoms with van der Waals surface area (Å²) in [7, 11) is 0. The number of fused-ring (bicyclic) bond motifs is 1. The summed E-state index contributed by atoms with van der Waals surface area (Å²) in [6, 6.07) is 7.16. The number of benzene rings is 1. The third-order valence-electron chi connectivity index (χ3n) is 3.31. The molecule has 6 heteroatoms. The van der Waals surface area contributed by atoms with Crippen LogP contribution in [0.3, 0.4) is 0 Å². The van der Waals surface area contributed by atoms with Gasteiger partial charge in [-0.25, -0.2) is 4.98 Å². The number of hydrogen-bond acceptors (Lipinski definition) is 3. The molecule has 0 radical (unpaired) electrons. The van der Waals surface area contributed by atoms with Crippen LogP contribution in [0.25, 0.3) is 10.2 Å². The van der Waals surface area contributed by atoms with Crippen molar-refractivity contribution in [1.82, 2.24) is 9.55 Å². The number of rotatable bonds is 2. The maximum atomic E-state index is 12.6. The lowest BCUT2D eigenvalue weighted by Crippen LogP contribution is -2.24. The van der Waals surface area contributed by atoms with E-state index < -0.39 is 0 Å². The summed E-state index contributed by atoms with van der Waals surface area (Å²) in [4.78, 5) is 19.0. The van der Waals surface area contributed by atoms with Gasteiger partial charge in [0.05, 0.1) is 11.9 Å². The Hall–Kier alpha value is -1.36. The molecule has 0 saturated heterocycles. The quantitative estimate of drug-likeness (QED) is 0.692. The molecule has 3 rings (SSSR count). The highest BCUT2D eigenvalue weighted by Crippen LogP contribution is 2.23. The molecule has 0 amide bonds. The lowest BCUT2D eigenvalue weighted by atomic mass is 10.2. The van der Waals surface area contributed by atoms with Crippen molar-refractivity contribution in [3.8, 4) is 0 Å². The van der Waals surface area contributed by atoms with Gasteiger partial charge >= 0.3 is 0 Å². The van der Waals surface area contributed by atoms with Crippen molar-refractivity contribution in [3.05, 3.63) is 60.9 Å². The van der Waals surface area contributed by atoms with Gasteiger partial charge in [0, 0.05) is 14.9 Å². The van der Waals surface area contributed by atoms with Crippen LogP contribution in [0.2, 0.25) is 10.0 Å². The van der Waals surface area contributed by atoms with Crippen LogP contribution < -0.4 is 5.56 Å². The van der Waals surface area contributed by atoms with Crippen LogP contribution in [0.5, 0.6) is 0 Å². The van der Waals surface area contributed by atoms with Crippen LogP contribution in [-0.2, 0) is 6.54 Å². The number of nitrogens with zero attached hydrogens (tertiary/aromatic N) is 2. The molecule has 2 aromatic heterocycles. The van der Waals surface area contributed by atoms with Crippen LogP contribution in [0.15, 0.2) is 29.1 Å². The maximum absolute atomic E-state index is 12.6. The summed E-state index contributed by atoms with van der Waals surface area (Å²) in [5.41, 5.74) is 0.812. The van der Waals surface area contributed by atoms with Crippen molar-refractivity contribution in [3.63, 3.8) is 0 Å². The fourth-order valence-electron chi connectivity index (χ4n) is 2.24. The molecule has 0 atom stereocenters. The van der Waals surface area contributed by atoms with Gasteiger partial charge in [0.15, 0.2) is 0 Å². The summed E-state index contributed by atoms with van der Waals surface area (Å²) in [5, 5.41) is 1.79. The van der Waals surface area contributed by atoms with Gasteiger partial charge in [-0.05, 0) is 37.6 Å². The predicted molar refractivity (Wildman–Crippen MR) is 88.9 cm³/mol. The molecule has 2 heterocycles. The van der Waals surface area contributed by atoms with Gasteiger partial charge in [-0.15, -0.1) is 11.3 Å². The molecule has 108 valence electrons. The average Bonchev–Trinajstić information content (AvgIpc) is 2.77. The van der Waals surface area contributed by atoms with Gasteiger partial charge in [-0.1, -0.05) is 29.3 Å². The minimum Gasteiger partial charge on any atom is -0.292 e. The van der Waals surface area contributed by atoms with E-state index in [1.807, 2.05) is 26.0 Å². The Balaban J connectivity index is 2.14. The highest BCUT2D eigenvalue weighted by molar-refractivity contribution is 7.18. The standard InChI is InChI=1S/C15H12Cl2N2OS/c1-8-5-12-14(21-8)18-9(2)19(15(12)20)7-10-3-4-11(16)6-13(10)17/h3-6H,7H2,1-2H3. The minimum atomic E-state index is -0.0344.